The van der Waals surface area contributed by atoms with Gasteiger partial charge < -0.3 is 10.3 Å². The predicted molar refractivity (Wildman–Crippen MR) is 73.9 cm³/mol. The molecule has 0 aromatic carbocycles. The summed E-state index contributed by atoms with van der Waals surface area (Å²) in [4.78, 5) is 6.47. The molecule has 0 bridgehead atoms. The summed E-state index contributed by atoms with van der Waals surface area (Å²) in [5.74, 6) is 1.20. The van der Waals surface area contributed by atoms with Crippen LogP contribution in [0.15, 0.2) is 27.4 Å². The van der Waals surface area contributed by atoms with Crippen molar-refractivity contribution >= 4 is 28.4 Å². The molecule has 3 heterocycles. The van der Waals surface area contributed by atoms with Gasteiger partial charge >= 0.3 is 0 Å². The highest BCUT2D eigenvalue weighted by molar-refractivity contribution is 7.14. The number of nitrogens with zero attached hydrogens (tertiary/aromatic N) is 2. The maximum atomic E-state index is 5.96. The van der Waals surface area contributed by atoms with E-state index in [-0.39, 0.29) is 0 Å². The van der Waals surface area contributed by atoms with E-state index < -0.39 is 0 Å². The van der Waals surface area contributed by atoms with Gasteiger partial charge in [0.1, 0.15) is 4.88 Å². The number of nitrogen functional groups attached to an aromatic ring is 1. The summed E-state index contributed by atoms with van der Waals surface area (Å²) in [6.45, 7) is 1.97. The Hall–Kier alpha value is -1.66. The molecule has 0 radical (unpaired) electrons. The van der Waals surface area contributed by atoms with Crippen LogP contribution in [0.4, 0.5) is 5.69 Å². The van der Waals surface area contributed by atoms with E-state index in [2.05, 4.69) is 16.2 Å². The van der Waals surface area contributed by atoms with Crippen molar-refractivity contribution in [3.63, 3.8) is 0 Å². The van der Waals surface area contributed by atoms with Crippen LogP contribution in [0.5, 0.6) is 0 Å². The number of anilines is 1. The third-order valence-electron chi connectivity index (χ3n) is 2.60. The Labute approximate surface area is 112 Å². The SMILES string of the molecule is Cc1csc(-c2nc(Cc3cccs3)no2)c1N. The zero-order chi connectivity index (χ0) is 12.5. The minimum atomic E-state index is 0.511. The molecule has 0 saturated heterocycles. The number of rotatable bonds is 3. The molecule has 0 aliphatic carbocycles. The van der Waals surface area contributed by atoms with Crippen LogP contribution in [0.25, 0.3) is 10.8 Å². The largest absolute Gasteiger partial charge is 0.397 e. The van der Waals surface area contributed by atoms with Gasteiger partial charge in [0, 0.05) is 11.3 Å². The normalized spacial score (nSPS) is 10.9. The van der Waals surface area contributed by atoms with E-state index in [1.54, 1.807) is 11.3 Å². The van der Waals surface area contributed by atoms with E-state index in [4.69, 9.17) is 10.3 Å². The van der Waals surface area contributed by atoms with E-state index in [0.717, 1.165) is 16.1 Å². The smallest absolute Gasteiger partial charge is 0.270 e. The van der Waals surface area contributed by atoms with E-state index in [1.807, 2.05) is 23.8 Å². The summed E-state index contributed by atoms with van der Waals surface area (Å²) in [6.07, 6.45) is 0.700. The highest BCUT2D eigenvalue weighted by Gasteiger charge is 2.15. The fourth-order valence-corrected chi connectivity index (χ4v) is 3.20. The second-order valence-electron chi connectivity index (χ2n) is 3.93. The maximum absolute atomic E-state index is 5.96. The highest BCUT2D eigenvalue weighted by atomic mass is 32.1. The van der Waals surface area contributed by atoms with E-state index in [9.17, 15) is 0 Å². The van der Waals surface area contributed by atoms with Crippen LogP contribution in [0, 0.1) is 6.92 Å². The first kappa shape index (κ1) is 11.4. The molecular weight excluding hydrogens is 266 g/mol. The molecule has 92 valence electrons. The van der Waals surface area contributed by atoms with Crippen LogP contribution in [0.3, 0.4) is 0 Å². The minimum Gasteiger partial charge on any atom is -0.397 e. The molecule has 6 heteroatoms. The van der Waals surface area contributed by atoms with E-state index >= 15 is 0 Å². The lowest BCUT2D eigenvalue weighted by Crippen LogP contribution is -1.89. The Morgan fingerprint density at radius 2 is 2.28 bits per heavy atom. The van der Waals surface area contributed by atoms with Gasteiger partial charge in [-0.1, -0.05) is 11.2 Å². The van der Waals surface area contributed by atoms with Gasteiger partial charge in [-0.3, -0.25) is 0 Å². The molecule has 0 spiro atoms. The fourth-order valence-electron chi connectivity index (χ4n) is 1.61. The van der Waals surface area contributed by atoms with Crippen molar-refractivity contribution in [1.29, 1.82) is 0 Å². The molecule has 2 N–H and O–H groups in total. The quantitative estimate of drug-likeness (QED) is 0.797. The predicted octanol–water partition coefficient (Wildman–Crippen LogP) is 3.34. The van der Waals surface area contributed by atoms with E-state index in [0.29, 0.717) is 18.1 Å². The number of thiophene rings is 2. The fraction of sp³-hybridized carbons (Fsp3) is 0.167. The molecule has 0 amide bonds. The van der Waals surface area contributed by atoms with Gasteiger partial charge in [0.15, 0.2) is 5.82 Å². The summed E-state index contributed by atoms with van der Waals surface area (Å²) >= 11 is 3.22. The van der Waals surface area contributed by atoms with Crippen molar-refractivity contribution in [3.05, 3.63) is 39.2 Å². The molecule has 4 nitrogen and oxygen atoms in total. The molecule has 18 heavy (non-hydrogen) atoms. The Kier molecular flexibility index (Phi) is 2.89. The van der Waals surface area contributed by atoms with Crippen molar-refractivity contribution in [2.75, 3.05) is 5.73 Å². The van der Waals surface area contributed by atoms with Gasteiger partial charge in [0.25, 0.3) is 5.89 Å². The molecular formula is C12H11N3OS2. The maximum Gasteiger partial charge on any atom is 0.270 e. The number of hydrogen-bond donors (Lipinski definition) is 1. The molecule has 3 rings (SSSR count). The lowest BCUT2D eigenvalue weighted by Gasteiger charge is -1.92. The van der Waals surface area contributed by atoms with Crippen molar-refractivity contribution in [2.24, 2.45) is 0 Å². The molecule has 0 aliphatic rings. The monoisotopic (exact) mass is 277 g/mol. The second kappa shape index (κ2) is 4.55. The Bertz CT molecular complexity index is 655. The van der Waals surface area contributed by atoms with Crippen LogP contribution in [0.2, 0.25) is 0 Å². The van der Waals surface area contributed by atoms with Gasteiger partial charge in [-0.15, -0.1) is 22.7 Å². The summed E-state index contributed by atoms with van der Waals surface area (Å²) < 4.78 is 5.27. The molecule has 3 aromatic heterocycles. The second-order valence-corrected chi connectivity index (χ2v) is 5.85. The van der Waals surface area contributed by atoms with Crippen molar-refractivity contribution in [1.82, 2.24) is 10.1 Å². The van der Waals surface area contributed by atoms with Gasteiger partial charge in [-0.25, -0.2) is 0 Å². The Balaban J connectivity index is 1.87. The molecule has 0 fully saturated rings. The number of hydrogen-bond acceptors (Lipinski definition) is 6. The van der Waals surface area contributed by atoms with Crippen molar-refractivity contribution in [2.45, 2.75) is 13.3 Å². The van der Waals surface area contributed by atoms with Gasteiger partial charge in [-0.2, -0.15) is 4.98 Å². The van der Waals surface area contributed by atoms with Crippen LogP contribution in [0.1, 0.15) is 16.3 Å². The summed E-state index contributed by atoms with van der Waals surface area (Å²) in [7, 11) is 0. The molecule has 3 aromatic rings. The summed E-state index contributed by atoms with van der Waals surface area (Å²) in [5.41, 5.74) is 7.74. The first-order chi connectivity index (χ1) is 8.74. The van der Waals surface area contributed by atoms with Crippen molar-refractivity contribution < 1.29 is 4.52 Å². The summed E-state index contributed by atoms with van der Waals surface area (Å²) in [5, 5.41) is 8.02. The molecule has 0 saturated carbocycles. The minimum absolute atomic E-state index is 0.511. The topological polar surface area (TPSA) is 64.9 Å². The zero-order valence-electron chi connectivity index (χ0n) is 9.71. The average Bonchev–Trinajstić information content (AvgIpc) is 3.05. The highest BCUT2D eigenvalue weighted by Crippen LogP contribution is 2.33. The van der Waals surface area contributed by atoms with Gasteiger partial charge in [0.05, 0.1) is 5.69 Å². The number of aryl methyl sites for hydroxylation is 1. The Morgan fingerprint density at radius 3 is 2.94 bits per heavy atom. The first-order valence-corrected chi connectivity index (χ1v) is 7.19. The van der Waals surface area contributed by atoms with Crippen molar-refractivity contribution in [3.8, 4) is 10.8 Å². The van der Waals surface area contributed by atoms with E-state index in [1.165, 1.54) is 16.2 Å². The van der Waals surface area contributed by atoms with Gasteiger partial charge in [-0.05, 0) is 29.3 Å². The number of aromatic nitrogens is 2. The first-order valence-electron chi connectivity index (χ1n) is 5.43. The third-order valence-corrected chi connectivity index (χ3v) is 4.58. The standard InChI is InChI=1S/C12H11N3OS2/c1-7-6-18-11(10(7)13)12-14-9(15-16-12)5-8-3-2-4-17-8/h2-4,6H,5,13H2,1H3. The van der Waals surface area contributed by atoms with Crippen LogP contribution >= 0.6 is 22.7 Å². The van der Waals surface area contributed by atoms with Crippen LogP contribution < -0.4 is 5.73 Å². The van der Waals surface area contributed by atoms with Gasteiger partial charge in [0.2, 0.25) is 0 Å². The Morgan fingerprint density at radius 1 is 1.39 bits per heavy atom. The van der Waals surface area contributed by atoms with Crippen LogP contribution in [-0.4, -0.2) is 10.1 Å². The number of nitrogens with two attached hydrogens (primary N) is 1. The van der Waals surface area contributed by atoms with Crippen LogP contribution in [-0.2, 0) is 6.42 Å². The lowest BCUT2D eigenvalue weighted by molar-refractivity contribution is 0.425. The molecule has 0 unspecified atom stereocenters. The zero-order valence-corrected chi connectivity index (χ0v) is 11.3. The average molecular weight is 277 g/mol. The lowest BCUT2D eigenvalue weighted by atomic mass is 10.3. The molecule has 0 atom stereocenters. The summed E-state index contributed by atoms with van der Waals surface area (Å²) in [6, 6.07) is 4.08. The third kappa shape index (κ3) is 2.04. The molecule has 0 aliphatic heterocycles.